The topological polar surface area (TPSA) is 38.3 Å². The molecule has 0 aromatic rings. The largest absolute Gasteiger partial charge is 0.359 e. The highest BCUT2D eigenvalue weighted by molar-refractivity contribution is 5.92. The van der Waals surface area contributed by atoms with Crippen LogP contribution in [0.2, 0.25) is 0 Å². The maximum Gasteiger partial charge on any atom is 0.248 e. The van der Waals surface area contributed by atoms with E-state index in [0.29, 0.717) is 18.6 Å². The van der Waals surface area contributed by atoms with Crippen LogP contribution in [0.15, 0.2) is 12.2 Å². The zero-order valence-corrected chi connectivity index (χ0v) is 8.43. The van der Waals surface area contributed by atoms with E-state index in [2.05, 4.69) is 18.8 Å². The zero-order chi connectivity index (χ0) is 10.3. The molecule has 1 unspecified atom stereocenters. The predicted octanol–water partition coefficient (Wildman–Crippen LogP) is 1.66. The lowest BCUT2D eigenvalue weighted by Crippen LogP contribution is -2.36. The minimum absolute atomic E-state index is 0.176. The average molecular weight is 184 g/mol. The van der Waals surface area contributed by atoms with E-state index in [1.165, 1.54) is 0 Å². The van der Waals surface area contributed by atoms with E-state index in [1.807, 2.05) is 6.92 Å². The second-order valence-electron chi connectivity index (χ2n) is 2.90. The number of hydrogen-bond donors (Lipinski definition) is 1. The van der Waals surface area contributed by atoms with Crippen LogP contribution in [-0.2, 0) is 9.53 Å². The molecule has 0 heterocycles. The van der Waals surface area contributed by atoms with Crippen LogP contribution in [0.4, 0.5) is 0 Å². The molecule has 0 spiro atoms. The van der Waals surface area contributed by atoms with Crippen LogP contribution in [0.1, 0.15) is 26.7 Å². The first-order valence-electron chi connectivity index (χ1n) is 4.49. The van der Waals surface area contributed by atoms with Crippen molar-refractivity contribution in [2.45, 2.75) is 32.9 Å². The fourth-order valence-corrected chi connectivity index (χ4v) is 0.727. The van der Waals surface area contributed by atoms with Gasteiger partial charge in [0.25, 0.3) is 0 Å². The number of hydrogen-bond acceptors (Lipinski definition) is 2. The van der Waals surface area contributed by atoms with Crippen LogP contribution in [0.25, 0.3) is 0 Å². The molecule has 75 valence electrons. The fourth-order valence-electron chi connectivity index (χ4n) is 0.727. The first-order chi connectivity index (χ1) is 6.11. The van der Waals surface area contributed by atoms with E-state index in [0.717, 1.165) is 6.42 Å². The smallest absolute Gasteiger partial charge is 0.248 e. The summed E-state index contributed by atoms with van der Waals surface area (Å²) in [5.74, 6) is -0.176. The minimum atomic E-state index is -0.288. The molecular formula is C10H18NO2. The van der Waals surface area contributed by atoms with Gasteiger partial charge in [-0.1, -0.05) is 13.5 Å². The van der Waals surface area contributed by atoms with Crippen LogP contribution in [0.5, 0.6) is 0 Å². The highest BCUT2D eigenvalue weighted by atomic mass is 16.5. The molecule has 3 nitrogen and oxygen atoms in total. The lowest BCUT2D eigenvalue weighted by molar-refractivity contribution is -0.121. The average Bonchev–Trinajstić information content (AvgIpc) is 2.11. The van der Waals surface area contributed by atoms with Gasteiger partial charge in [-0.05, 0) is 26.7 Å². The molecule has 3 heteroatoms. The monoisotopic (exact) mass is 184 g/mol. The van der Waals surface area contributed by atoms with Crippen LogP contribution in [-0.4, -0.2) is 18.7 Å². The summed E-state index contributed by atoms with van der Waals surface area (Å²) in [6.45, 7) is 11.5. The van der Waals surface area contributed by atoms with Gasteiger partial charge in [0, 0.05) is 12.2 Å². The second kappa shape index (κ2) is 6.66. The molecular weight excluding hydrogens is 166 g/mol. The van der Waals surface area contributed by atoms with Crippen molar-refractivity contribution in [1.29, 1.82) is 0 Å². The number of carbonyl (C=O) groups is 1. The molecule has 1 atom stereocenters. The van der Waals surface area contributed by atoms with Gasteiger partial charge in [0.1, 0.15) is 6.23 Å². The first-order valence-corrected chi connectivity index (χ1v) is 4.49. The molecule has 13 heavy (non-hydrogen) atoms. The molecule has 0 aliphatic rings. The summed E-state index contributed by atoms with van der Waals surface area (Å²) in [5, 5.41) is 2.68. The number of rotatable bonds is 6. The highest BCUT2D eigenvalue weighted by Gasteiger charge is 2.09. The van der Waals surface area contributed by atoms with Crippen molar-refractivity contribution in [3.8, 4) is 0 Å². The third-order valence-corrected chi connectivity index (χ3v) is 1.47. The predicted molar refractivity (Wildman–Crippen MR) is 53.0 cm³/mol. The van der Waals surface area contributed by atoms with Crippen molar-refractivity contribution in [2.24, 2.45) is 0 Å². The van der Waals surface area contributed by atoms with Gasteiger partial charge in [0.05, 0.1) is 0 Å². The summed E-state index contributed by atoms with van der Waals surface area (Å²) < 4.78 is 5.33. The van der Waals surface area contributed by atoms with Gasteiger partial charge in [-0.25, -0.2) is 0 Å². The highest BCUT2D eigenvalue weighted by Crippen LogP contribution is 1.97. The molecule has 1 amide bonds. The number of carbonyl (C=O) groups excluding carboxylic acids is 1. The molecule has 0 saturated heterocycles. The summed E-state index contributed by atoms with van der Waals surface area (Å²) in [5.41, 5.74) is 0.485. The lowest BCUT2D eigenvalue weighted by Gasteiger charge is -2.17. The van der Waals surface area contributed by atoms with Gasteiger partial charge in [-0.2, -0.15) is 0 Å². The Labute approximate surface area is 80.2 Å². The van der Waals surface area contributed by atoms with Crippen molar-refractivity contribution >= 4 is 5.91 Å². The fraction of sp³-hybridized carbons (Fsp3) is 0.600. The molecule has 0 rings (SSSR count). The molecule has 0 aliphatic heterocycles. The number of ether oxygens (including phenoxy) is 1. The third kappa shape index (κ3) is 5.42. The lowest BCUT2D eigenvalue weighted by atomic mass is 10.3. The number of nitrogens with one attached hydrogen (secondary N) is 1. The van der Waals surface area contributed by atoms with Crippen LogP contribution in [0, 0.1) is 6.92 Å². The van der Waals surface area contributed by atoms with Crippen molar-refractivity contribution in [3.63, 3.8) is 0 Å². The van der Waals surface area contributed by atoms with Gasteiger partial charge in [0.2, 0.25) is 5.91 Å². The standard InChI is InChI=1S/C10H18NO2/c1-5-7-13-9(6-2)11-10(12)8(3)4/h9H,2-3,5-7H2,1,4H3,(H,11,12). The Morgan fingerprint density at radius 3 is 2.62 bits per heavy atom. The molecule has 0 bridgehead atoms. The normalized spacial score (nSPS) is 12.2. The van der Waals surface area contributed by atoms with Crippen molar-refractivity contribution in [3.05, 3.63) is 19.1 Å². The Morgan fingerprint density at radius 1 is 1.62 bits per heavy atom. The summed E-state index contributed by atoms with van der Waals surface area (Å²) in [6, 6.07) is 0. The van der Waals surface area contributed by atoms with Crippen LogP contribution in [0.3, 0.4) is 0 Å². The quantitative estimate of drug-likeness (QED) is 0.503. The molecule has 1 radical (unpaired) electrons. The Morgan fingerprint density at radius 2 is 2.23 bits per heavy atom. The van der Waals surface area contributed by atoms with Gasteiger partial charge >= 0.3 is 0 Å². The third-order valence-electron chi connectivity index (χ3n) is 1.47. The van der Waals surface area contributed by atoms with E-state index in [4.69, 9.17) is 4.74 Å². The molecule has 0 fully saturated rings. The molecule has 0 aliphatic carbocycles. The van der Waals surface area contributed by atoms with Crippen molar-refractivity contribution in [2.75, 3.05) is 6.61 Å². The van der Waals surface area contributed by atoms with E-state index < -0.39 is 0 Å². The van der Waals surface area contributed by atoms with E-state index >= 15 is 0 Å². The molecule has 0 aromatic carbocycles. The molecule has 1 N–H and O–H groups in total. The van der Waals surface area contributed by atoms with Gasteiger partial charge in [-0.15, -0.1) is 0 Å². The Balaban J connectivity index is 3.83. The van der Waals surface area contributed by atoms with Crippen molar-refractivity contribution in [1.82, 2.24) is 5.32 Å². The minimum Gasteiger partial charge on any atom is -0.359 e. The first kappa shape index (κ1) is 12.2. The second-order valence-corrected chi connectivity index (χ2v) is 2.90. The molecule has 0 aromatic heterocycles. The Hall–Kier alpha value is -0.830. The van der Waals surface area contributed by atoms with Crippen molar-refractivity contribution < 1.29 is 9.53 Å². The SMILES string of the molecule is [CH2]CC(NC(=O)C(=C)C)OCCC. The van der Waals surface area contributed by atoms with E-state index in [-0.39, 0.29) is 12.1 Å². The van der Waals surface area contributed by atoms with Gasteiger partial charge in [-0.3, -0.25) is 4.79 Å². The Bertz CT molecular complexity index is 178. The maximum absolute atomic E-state index is 11.2. The van der Waals surface area contributed by atoms with Gasteiger partial charge < -0.3 is 10.1 Å². The summed E-state index contributed by atoms with van der Waals surface area (Å²) in [6.07, 6.45) is 1.17. The zero-order valence-electron chi connectivity index (χ0n) is 8.43. The van der Waals surface area contributed by atoms with E-state index in [9.17, 15) is 4.79 Å². The van der Waals surface area contributed by atoms with Gasteiger partial charge in [0.15, 0.2) is 0 Å². The number of amides is 1. The summed E-state index contributed by atoms with van der Waals surface area (Å²) in [4.78, 5) is 11.2. The van der Waals surface area contributed by atoms with E-state index in [1.54, 1.807) is 6.92 Å². The summed E-state index contributed by atoms with van der Waals surface area (Å²) >= 11 is 0. The van der Waals surface area contributed by atoms with Crippen LogP contribution >= 0.6 is 0 Å². The molecule has 0 saturated carbocycles. The maximum atomic E-state index is 11.2. The summed E-state index contributed by atoms with van der Waals surface area (Å²) in [7, 11) is 0. The Kier molecular flexibility index (Phi) is 6.24. The van der Waals surface area contributed by atoms with Crippen LogP contribution < -0.4 is 5.32 Å².